The first-order valence-corrected chi connectivity index (χ1v) is 11.2. The third-order valence-electron chi connectivity index (χ3n) is 5.36. The number of benzene rings is 2. The average Bonchev–Trinajstić information content (AvgIpc) is 3.23. The second-order valence-electron chi connectivity index (χ2n) is 7.20. The molecule has 4 heterocycles. The third-order valence-corrected chi connectivity index (χ3v) is 6.73. The molecule has 31 heavy (non-hydrogen) atoms. The molecule has 0 spiro atoms. The number of hydrogen-bond acceptors (Lipinski definition) is 7. The smallest absolute Gasteiger partial charge is 0.161 e. The van der Waals surface area contributed by atoms with E-state index in [0.717, 1.165) is 50.8 Å². The molecule has 0 saturated heterocycles. The first kappa shape index (κ1) is 18.6. The molecule has 0 fully saturated rings. The minimum atomic E-state index is 0.551. The average molecular weight is 449 g/mol. The number of nitrogens with zero attached hydrogens (tertiary/aromatic N) is 3. The van der Waals surface area contributed by atoms with Gasteiger partial charge in [-0.05, 0) is 47.8 Å². The molecule has 1 N–H and O–H groups in total. The molecule has 0 amide bonds. The molecule has 0 unspecified atom stereocenters. The maximum Gasteiger partial charge on any atom is 0.161 e. The first-order chi connectivity index (χ1) is 15.3. The normalized spacial score (nSPS) is 14.5. The van der Waals surface area contributed by atoms with Gasteiger partial charge in [-0.3, -0.25) is 5.43 Å². The number of pyridine rings is 2. The second kappa shape index (κ2) is 7.51. The monoisotopic (exact) mass is 448 g/mol. The Bertz CT molecular complexity index is 1320. The van der Waals surface area contributed by atoms with Crippen LogP contribution in [0.15, 0.2) is 60.9 Å². The van der Waals surface area contributed by atoms with E-state index >= 15 is 0 Å². The van der Waals surface area contributed by atoms with Gasteiger partial charge in [0.25, 0.3) is 0 Å². The number of halogens is 1. The molecule has 154 valence electrons. The maximum absolute atomic E-state index is 6.83. The van der Waals surface area contributed by atoms with E-state index in [0.29, 0.717) is 18.2 Å². The Morgan fingerprint density at radius 3 is 2.84 bits per heavy atom. The van der Waals surface area contributed by atoms with Crippen LogP contribution < -0.4 is 19.3 Å². The summed E-state index contributed by atoms with van der Waals surface area (Å²) in [5, 5.41) is 1.72. The molecule has 6 nitrogen and oxygen atoms in total. The lowest BCUT2D eigenvalue weighted by atomic mass is 10.0. The summed E-state index contributed by atoms with van der Waals surface area (Å²) in [4.78, 5) is 8.87. The van der Waals surface area contributed by atoms with Crippen LogP contribution in [-0.4, -0.2) is 23.2 Å². The quantitative estimate of drug-likeness (QED) is 0.402. The third kappa shape index (κ3) is 3.21. The summed E-state index contributed by atoms with van der Waals surface area (Å²) in [5.74, 6) is 2.35. The topological polar surface area (TPSA) is 59.5 Å². The Hall–Kier alpha value is -3.16. The highest BCUT2D eigenvalue weighted by Gasteiger charge is 2.24. The van der Waals surface area contributed by atoms with Crippen LogP contribution in [0.3, 0.4) is 0 Å². The summed E-state index contributed by atoms with van der Waals surface area (Å²) in [7, 11) is 0. The summed E-state index contributed by atoms with van der Waals surface area (Å²) in [6.45, 7) is 1.12. The SMILES string of the molecule is Clc1c(NN2SCc3c2cnc2ncccc32)cccc1-c1ccc2c(c1)OCCO2. The molecule has 0 bridgehead atoms. The van der Waals surface area contributed by atoms with E-state index < -0.39 is 0 Å². The Morgan fingerprint density at radius 1 is 1.00 bits per heavy atom. The van der Waals surface area contributed by atoms with E-state index in [1.54, 1.807) is 18.1 Å². The van der Waals surface area contributed by atoms with Crippen molar-refractivity contribution in [2.75, 3.05) is 23.1 Å². The van der Waals surface area contributed by atoms with E-state index in [4.69, 9.17) is 21.1 Å². The fourth-order valence-electron chi connectivity index (χ4n) is 3.85. The minimum Gasteiger partial charge on any atom is -0.486 e. The molecule has 2 aromatic carbocycles. The van der Waals surface area contributed by atoms with Crippen molar-refractivity contribution in [1.29, 1.82) is 0 Å². The van der Waals surface area contributed by atoms with Gasteiger partial charge in [0.05, 0.1) is 22.6 Å². The lowest BCUT2D eigenvalue weighted by molar-refractivity contribution is 0.171. The van der Waals surface area contributed by atoms with Crippen LogP contribution in [0.4, 0.5) is 11.4 Å². The second-order valence-corrected chi connectivity index (χ2v) is 8.49. The number of rotatable bonds is 3. The number of hydrazine groups is 1. The molecule has 0 radical (unpaired) electrons. The van der Waals surface area contributed by atoms with Gasteiger partial charge in [-0.2, -0.15) is 0 Å². The fraction of sp³-hybridized carbons (Fsp3) is 0.130. The van der Waals surface area contributed by atoms with Crippen molar-refractivity contribution < 1.29 is 9.47 Å². The molecular formula is C23H17ClN4O2S. The zero-order chi connectivity index (χ0) is 20.8. The lowest BCUT2D eigenvalue weighted by Crippen LogP contribution is -2.19. The standard InChI is InChI=1S/C23H17ClN4O2S/c24-22-15(14-6-7-20-21(11-14)30-10-9-29-20)3-1-5-18(22)27-28-19-12-26-23-16(4-2-8-25-23)17(19)13-31-28/h1-8,11-12,27H,9-10,13H2. The lowest BCUT2D eigenvalue weighted by Gasteiger charge is -2.22. The number of anilines is 2. The van der Waals surface area contributed by atoms with Gasteiger partial charge in [0, 0.05) is 28.5 Å². The predicted octanol–water partition coefficient (Wildman–Crippen LogP) is 5.72. The van der Waals surface area contributed by atoms with E-state index in [1.807, 2.05) is 53.1 Å². The molecule has 2 aliphatic rings. The largest absolute Gasteiger partial charge is 0.486 e. The molecule has 6 rings (SSSR count). The first-order valence-electron chi connectivity index (χ1n) is 9.89. The van der Waals surface area contributed by atoms with Gasteiger partial charge in [-0.15, -0.1) is 0 Å². The van der Waals surface area contributed by atoms with Crippen LogP contribution in [0.2, 0.25) is 5.02 Å². The van der Waals surface area contributed by atoms with E-state index in [-0.39, 0.29) is 0 Å². The van der Waals surface area contributed by atoms with Gasteiger partial charge in [0.1, 0.15) is 13.2 Å². The summed E-state index contributed by atoms with van der Waals surface area (Å²) in [6.07, 6.45) is 3.62. The van der Waals surface area contributed by atoms with Crippen LogP contribution in [0.25, 0.3) is 22.2 Å². The van der Waals surface area contributed by atoms with Crippen LogP contribution >= 0.6 is 23.5 Å². The summed E-state index contributed by atoms with van der Waals surface area (Å²) >= 11 is 8.50. The van der Waals surface area contributed by atoms with Crippen molar-refractivity contribution >= 4 is 46.0 Å². The number of hydrogen-bond donors (Lipinski definition) is 1. The van der Waals surface area contributed by atoms with Crippen molar-refractivity contribution in [3.05, 3.63) is 71.5 Å². The predicted molar refractivity (Wildman–Crippen MR) is 125 cm³/mol. The molecule has 0 atom stereocenters. The van der Waals surface area contributed by atoms with Gasteiger partial charge in [-0.1, -0.05) is 29.8 Å². The van der Waals surface area contributed by atoms with Gasteiger partial charge < -0.3 is 9.47 Å². The van der Waals surface area contributed by atoms with Crippen molar-refractivity contribution in [2.24, 2.45) is 0 Å². The summed E-state index contributed by atoms with van der Waals surface area (Å²) in [6, 6.07) is 15.9. The van der Waals surface area contributed by atoms with E-state index in [2.05, 4.69) is 21.5 Å². The number of aromatic nitrogens is 2. The Kier molecular flexibility index (Phi) is 4.51. The van der Waals surface area contributed by atoms with Crippen molar-refractivity contribution in [1.82, 2.24) is 9.97 Å². The van der Waals surface area contributed by atoms with Crippen LogP contribution in [-0.2, 0) is 5.75 Å². The molecular weight excluding hydrogens is 432 g/mol. The van der Waals surface area contributed by atoms with E-state index in [1.165, 1.54) is 5.56 Å². The van der Waals surface area contributed by atoms with Crippen molar-refractivity contribution in [3.8, 4) is 22.6 Å². The van der Waals surface area contributed by atoms with E-state index in [9.17, 15) is 0 Å². The van der Waals surface area contributed by atoms with Gasteiger partial charge >= 0.3 is 0 Å². The molecule has 0 aliphatic carbocycles. The molecule has 2 aliphatic heterocycles. The zero-order valence-electron chi connectivity index (χ0n) is 16.3. The number of fused-ring (bicyclic) bond motifs is 4. The number of ether oxygens (including phenoxy) is 2. The molecule has 4 aromatic rings. The van der Waals surface area contributed by atoms with Gasteiger partial charge in [-0.25, -0.2) is 14.4 Å². The van der Waals surface area contributed by atoms with Crippen LogP contribution in [0.1, 0.15) is 5.56 Å². The Balaban J connectivity index is 1.33. The molecule has 2 aromatic heterocycles. The van der Waals surface area contributed by atoms with Crippen LogP contribution in [0.5, 0.6) is 11.5 Å². The van der Waals surface area contributed by atoms with Crippen molar-refractivity contribution in [3.63, 3.8) is 0 Å². The van der Waals surface area contributed by atoms with Crippen molar-refractivity contribution in [2.45, 2.75) is 5.75 Å². The molecule has 0 saturated carbocycles. The highest BCUT2D eigenvalue weighted by Crippen LogP contribution is 2.43. The minimum absolute atomic E-state index is 0.551. The van der Waals surface area contributed by atoms with Gasteiger partial charge in [0.2, 0.25) is 0 Å². The fourth-order valence-corrected chi connectivity index (χ4v) is 5.15. The summed E-state index contributed by atoms with van der Waals surface area (Å²) < 4.78 is 13.4. The maximum atomic E-state index is 6.83. The molecule has 8 heteroatoms. The highest BCUT2D eigenvalue weighted by molar-refractivity contribution is 8.00. The zero-order valence-corrected chi connectivity index (χ0v) is 17.9. The number of nitrogens with one attached hydrogen (secondary N) is 1. The van der Waals surface area contributed by atoms with Gasteiger partial charge in [0.15, 0.2) is 17.1 Å². The summed E-state index contributed by atoms with van der Waals surface area (Å²) in [5.41, 5.74) is 9.18. The Labute approximate surface area is 188 Å². The Morgan fingerprint density at radius 2 is 1.90 bits per heavy atom. The highest BCUT2D eigenvalue weighted by atomic mass is 35.5. The van der Waals surface area contributed by atoms with Crippen LogP contribution in [0, 0.1) is 0 Å².